The molecule has 1 aliphatic carbocycles. The summed E-state index contributed by atoms with van der Waals surface area (Å²) in [6, 6.07) is 0.630. The van der Waals surface area contributed by atoms with E-state index < -0.39 is 0 Å². The van der Waals surface area contributed by atoms with Crippen molar-refractivity contribution in [2.45, 2.75) is 78.0 Å². The standard InChI is InChI=1S/C14H29NO/c1-4-9-14(16)15(6-3)13-11-8-7-10-12(13)5-2/h12-14,16H,4-11H2,1-3H3. The first-order chi connectivity index (χ1) is 7.74. The van der Waals surface area contributed by atoms with Crippen LogP contribution in [0.2, 0.25) is 0 Å². The Morgan fingerprint density at radius 2 is 1.88 bits per heavy atom. The minimum atomic E-state index is -0.216. The zero-order valence-electron chi connectivity index (χ0n) is 11.3. The van der Waals surface area contributed by atoms with Gasteiger partial charge in [0, 0.05) is 6.04 Å². The molecule has 2 heteroatoms. The van der Waals surface area contributed by atoms with Crippen LogP contribution in [0.1, 0.15) is 65.7 Å². The van der Waals surface area contributed by atoms with Gasteiger partial charge in [-0.1, -0.05) is 46.5 Å². The fourth-order valence-corrected chi connectivity index (χ4v) is 3.19. The highest BCUT2D eigenvalue weighted by Crippen LogP contribution is 2.31. The van der Waals surface area contributed by atoms with Crippen molar-refractivity contribution in [1.82, 2.24) is 4.90 Å². The predicted octanol–water partition coefficient (Wildman–Crippen LogP) is 3.40. The molecule has 0 saturated heterocycles. The van der Waals surface area contributed by atoms with Gasteiger partial charge in [-0.05, 0) is 31.7 Å². The smallest absolute Gasteiger partial charge is 0.107 e. The first-order valence-electron chi connectivity index (χ1n) is 7.18. The summed E-state index contributed by atoms with van der Waals surface area (Å²) in [7, 11) is 0. The van der Waals surface area contributed by atoms with E-state index in [-0.39, 0.29) is 6.23 Å². The summed E-state index contributed by atoms with van der Waals surface area (Å²) in [6.45, 7) is 7.61. The zero-order valence-corrected chi connectivity index (χ0v) is 11.3. The normalized spacial score (nSPS) is 28.3. The van der Waals surface area contributed by atoms with Crippen LogP contribution >= 0.6 is 0 Å². The number of hydrogen-bond donors (Lipinski definition) is 1. The van der Waals surface area contributed by atoms with E-state index in [0.29, 0.717) is 6.04 Å². The van der Waals surface area contributed by atoms with Crippen LogP contribution in [0.4, 0.5) is 0 Å². The third-order valence-corrected chi connectivity index (χ3v) is 4.11. The van der Waals surface area contributed by atoms with E-state index in [1.54, 1.807) is 0 Å². The van der Waals surface area contributed by atoms with Gasteiger partial charge in [-0.2, -0.15) is 0 Å². The lowest BCUT2D eigenvalue weighted by Crippen LogP contribution is -2.48. The lowest BCUT2D eigenvalue weighted by Gasteiger charge is -2.41. The monoisotopic (exact) mass is 227 g/mol. The molecule has 2 nitrogen and oxygen atoms in total. The molecule has 0 bridgehead atoms. The maximum Gasteiger partial charge on any atom is 0.107 e. The van der Waals surface area contributed by atoms with Crippen LogP contribution in [0, 0.1) is 5.92 Å². The molecule has 0 aliphatic heterocycles. The maximum absolute atomic E-state index is 10.2. The number of rotatable bonds is 6. The number of hydrogen-bond acceptors (Lipinski definition) is 2. The van der Waals surface area contributed by atoms with Crippen molar-refractivity contribution >= 4 is 0 Å². The molecule has 0 aromatic heterocycles. The SMILES string of the molecule is CCCC(O)N(CC)C1CCCCC1CC. The van der Waals surface area contributed by atoms with Crippen LogP contribution in [0.25, 0.3) is 0 Å². The third-order valence-electron chi connectivity index (χ3n) is 4.11. The molecule has 0 amide bonds. The molecule has 96 valence electrons. The molecule has 1 fully saturated rings. The van der Waals surface area contributed by atoms with Gasteiger partial charge in [0.15, 0.2) is 0 Å². The van der Waals surface area contributed by atoms with Crippen molar-refractivity contribution in [1.29, 1.82) is 0 Å². The highest BCUT2D eigenvalue weighted by Gasteiger charge is 2.30. The predicted molar refractivity (Wildman–Crippen MR) is 69.3 cm³/mol. The lowest BCUT2D eigenvalue weighted by atomic mass is 9.81. The van der Waals surface area contributed by atoms with Gasteiger partial charge in [-0.3, -0.25) is 4.90 Å². The van der Waals surface area contributed by atoms with Gasteiger partial charge in [-0.15, -0.1) is 0 Å². The second kappa shape index (κ2) is 7.29. The van der Waals surface area contributed by atoms with E-state index in [9.17, 15) is 5.11 Å². The first kappa shape index (κ1) is 14.0. The molecule has 1 rings (SSSR count). The van der Waals surface area contributed by atoms with Crippen LogP contribution in [0.15, 0.2) is 0 Å². The number of nitrogens with zero attached hydrogens (tertiary/aromatic N) is 1. The molecule has 0 spiro atoms. The molecule has 0 heterocycles. The van der Waals surface area contributed by atoms with Crippen LogP contribution in [-0.4, -0.2) is 28.8 Å². The van der Waals surface area contributed by atoms with E-state index in [0.717, 1.165) is 25.3 Å². The number of aliphatic hydroxyl groups excluding tert-OH is 1. The average Bonchev–Trinajstić information content (AvgIpc) is 2.31. The van der Waals surface area contributed by atoms with E-state index >= 15 is 0 Å². The topological polar surface area (TPSA) is 23.5 Å². The van der Waals surface area contributed by atoms with Crippen LogP contribution in [-0.2, 0) is 0 Å². The minimum absolute atomic E-state index is 0.216. The van der Waals surface area contributed by atoms with E-state index in [1.807, 2.05) is 0 Å². The molecule has 0 aromatic rings. The lowest BCUT2D eigenvalue weighted by molar-refractivity contribution is -0.0530. The van der Waals surface area contributed by atoms with Crippen molar-refractivity contribution in [3.63, 3.8) is 0 Å². The summed E-state index contributed by atoms with van der Waals surface area (Å²) in [5.41, 5.74) is 0. The largest absolute Gasteiger partial charge is 0.378 e. The summed E-state index contributed by atoms with van der Waals surface area (Å²) in [6.07, 6.45) is 8.41. The summed E-state index contributed by atoms with van der Waals surface area (Å²) in [5.74, 6) is 0.806. The average molecular weight is 227 g/mol. The van der Waals surface area contributed by atoms with Gasteiger partial charge in [0.1, 0.15) is 6.23 Å². The fourth-order valence-electron chi connectivity index (χ4n) is 3.19. The molecule has 3 unspecified atom stereocenters. The zero-order chi connectivity index (χ0) is 12.0. The summed E-state index contributed by atoms with van der Waals surface area (Å²) in [5, 5.41) is 10.2. The van der Waals surface area contributed by atoms with Crippen molar-refractivity contribution in [3.05, 3.63) is 0 Å². The molecule has 1 saturated carbocycles. The minimum Gasteiger partial charge on any atom is -0.378 e. The van der Waals surface area contributed by atoms with Crippen molar-refractivity contribution in [3.8, 4) is 0 Å². The Morgan fingerprint density at radius 3 is 2.44 bits per heavy atom. The van der Waals surface area contributed by atoms with Gasteiger partial charge in [0.25, 0.3) is 0 Å². The molecule has 16 heavy (non-hydrogen) atoms. The quantitative estimate of drug-likeness (QED) is 0.703. The van der Waals surface area contributed by atoms with Gasteiger partial charge in [0.2, 0.25) is 0 Å². The second-order valence-corrected chi connectivity index (χ2v) is 5.12. The van der Waals surface area contributed by atoms with E-state index in [2.05, 4.69) is 25.7 Å². The molecule has 3 atom stereocenters. The maximum atomic E-state index is 10.2. The Kier molecular flexibility index (Phi) is 6.37. The van der Waals surface area contributed by atoms with Crippen molar-refractivity contribution in [2.75, 3.05) is 6.54 Å². The highest BCUT2D eigenvalue weighted by atomic mass is 16.3. The van der Waals surface area contributed by atoms with Crippen LogP contribution in [0.5, 0.6) is 0 Å². The molecular formula is C14H29NO. The van der Waals surface area contributed by atoms with Crippen LogP contribution < -0.4 is 0 Å². The Morgan fingerprint density at radius 1 is 1.19 bits per heavy atom. The summed E-state index contributed by atoms with van der Waals surface area (Å²) >= 11 is 0. The molecule has 0 radical (unpaired) electrons. The van der Waals surface area contributed by atoms with Gasteiger partial charge in [-0.25, -0.2) is 0 Å². The summed E-state index contributed by atoms with van der Waals surface area (Å²) < 4.78 is 0. The molecular weight excluding hydrogens is 198 g/mol. The number of aliphatic hydroxyl groups is 1. The van der Waals surface area contributed by atoms with Crippen molar-refractivity contribution in [2.24, 2.45) is 5.92 Å². The Labute approximate surface area is 101 Å². The van der Waals surface area contributed by atoms with Crippen LogP contribution in [0.3, 0.4) is 0 Å². The third kappa shape index (κ3) is 3.46. The van der Waals surface area contributed by atoms with Gasteiger partial charge < -0.3 is 5.11 Å². The molecule has 1 aliphatic rings. The molecule has 1 N–H and O–H groups in total. The fraction of sp³-hybridized carbons (Fsp3) is 1.00. The summed E-state index contributed by atoms with van der Waals surface area (Å²) in [4.78, 5) is 2.34. The molecule has 0 aromatic carbocycles. The first-order valence-corrected chi connectivity index (χ1v) is 7.18. The second-order valence-electron chi connectivity index (χ2n) is 5.12. The van der Waals surface area contributed by atoms with E-state index in [4.69, 9.17) is 0 Å². The van der Waals surface area contributed by atoms with Gasteiger partial charge in [0.05, 0.1) is 0 Å². The Balaban J connectivity index is 2.61. The Hall–Kier alpha value is -0.0800. The highest BCUT2D eigenvalue weighted by molar-refractivity contribution is 4.83. The van der Waals surface area contributed by atoms with Crippen molar-refractivity contribution < 1.29 is 5.11 Å². The van der Waals surface area contributed by atoms with Gasteiger partial charge >= 0.3 is 0 Å². The van der Waals surface area contributed by atoms with E-state index in [1.165, 1.54) is 32.1 Å². The Bertz CT molecular complexity index is 184.